The SMILES string of the molecule is CC(C)c1ccc(Cl)cc1C(C)F. The van der Waals surface area contributed by atoms with E-state index < -0.39 is 6.17 Å². The van der Waals surface area contributed by atoms with Crippen LogP contribution in [0.15, 0.2) is 18.2 Å². The number of rotatable bonds is 2. The molecule has 0 heterocycles. The van der Waals surface area contributed by atoms with Crippen LogP contribution in [0.25, 0.3) is 0 Å². The minimum atomic E-state index is -0.948. The van der Waals surface area contributed by atoms with E-state index in [2.05, 4.69) is 13.8 Å². The second-order valence-corrected chi connectivity index (χ2v) is 3.98. The molecular weight excluding hydrogens is 187 g/mol. The zero-order valence-corrected chi connectivity index (χ0v) is 8.90. The van der Waals surface area contributed by atoms with Crippen molar-refractivity contribution in [1.29, 1.82) is 0 Å². The van der Waals surface area contributed by atoms with E-state index in [4.69, 9.17) is 11.6 Å². The van der Waals surface area contributed by atoms with Crippen molar-refractivity contribution < 1.29 is 4.39 Å². The molecule has 0 saturated heterocycles. The van der Waals surface area contributed by atoms with Crippen LogP contribution in [0.4, 0.5) is 4.39 Å². The maximum atomic E-state index is 13.2. The van der Waals surface area contributed by atoms with E-state index in [0.29, 0.717) is 16.5 Å². The molecule has 0 saturated carbocycles. The Labute approximate surface area is 83.7 Å². The maximum Gasteiger partial charge on any atom is 0.123 e. The van der Waals surface area contributed by atoms with Gasteiger partial charge < -0.3 is 0 Å². The minimum absolute atomic E-state index is 0.338. The lowest BCUT2D eigenvalue weighted by atomic mass is 9.95. The molecule has 0 radical (unpaired) electrons. The highest BCUT2D eigenvalue weighted by atomic mass is 35.5. The summed E-state index contributed by atoms with van der Waals surface area (Å²) < 4.78 is 13.2. The monoisotopic (exact) mass is 200 g/mol. The number of benzene rings is 1. The lowest BCUT2D eigenvalue weighted by molar-refractivity contribution is 0.371. The molecule has 13 heavy (non-hydrogen) atoms. The molecule has 72 valence electrons. The van der Waals surface area contributed by atoms with Gasteiger partial charge in [0.25, 0.3) is 0 Å². The van der Waals surface area contributed by atoms with Crippen LogP contribution in [-0.2, 0) is 0 Å². The molecule has 0 aromatic heterocycles. The van der Waals surface area contributed by atoms with Crippen LogP contribution in [0.1, 0.15) is 44.0 Å². The molecule has 0 spiro atoms. The summed E-state index contributed by atoms with van der Waals surface area (Å²) in [4.78, 5) is 0. The molecule has 0 bridgehead atoms. The van der Waals surface area contributed by atoms with Crippen LogP contribution in [0.5, 0.6) is 0 Å². The number of alkyl halides is 1. The molecule has 0 aliphatic carbocycles. The summed E-state index contributed by atoms with van der Waals surface area (Å²) in [6, 6.07) is 5.42. The zero-order chi connectivity index (χ0) is 10.0. The Balaban J connectivity index is 3.19. The Bertz CT molecular complexity index is 292. The van der Waals surface area contributed by atoms with Crippen molar-refractivity contribution in [1.82, 2.24) is 0 Å². The fraction of sp³-hybridized carbons (Fsp3) is 0.455. The normalized spacial score (nSPS) is 13.4. The summed E-state index contributed by atoms with van der Waals surface area (Å²) in [7, 11) is 0. The van der Waals surface area contributed by atoms with Crippen LogP contribution in [0, 0.1) is 0 Å². The maximum absolute atomic E-state index is 13.2. The summed E-state index contributed by atoms with van der Waals surface area (Å²) in [5, 5.41) is 0.601. The smallest absolute Gasteiger partial charge is 0.123 e. The van der Waals surface area contributed by atoms with Gasteiger partial charge in [0.05, 0.1) is 0 Å². The van der Waals surface area contributed by atoms with Gasteiger partial charge in [0.2, 0.25) is 0 Å². The Hall–Kier alpha value is -0.560. The molecule has 0 amide bonds. The van der Waals surface area contributed by atoms with Gasteiger partial charge in [-0.1, -0.05) is 31.5 Å². The van der Waals surface area contributed by atoms with Gasteiger partial charge in [0.1, 0.15) is 6.17 Å². The van der Waals surface area contributed by atoms with Gasteiger partial charge in [0.15, 0.2) is 0 Å². The lowest BCUT2D eigenvalue weighted by Gasteiger charge is -2.13. The molecule has 1 aromatic carbocycles. The van der Waals surface area contributed by atoms with Gasteiger partial charge in [0, 0.05) is 5.02 Å². The summed E-state index contributed by atoms with van der Waals surface area (Å²) in [6.07, 6.45) is -0.948. The summed E-state index contributed by atoms with van der Waals surface area (Å²) in [6.45, 7) is 5.64. The second-order valence-electron chi connectivity index (χ2n) is 3.54. The second kappa shape index (κ2) is 4.10. The van der Waals surface area contributed by atoms with E-state index in [1.807, 2.05) is 12.1 Å². The van der Waals surface area contributed by atoms with Crippen molar-refractivity contribution >= 4 is 11.6 Å². The molecular formula is C11H14ClF. The lowest BCUT2D eigenvalue weighted by Crippen LogP contribution is -1.97. The molecule has 1 aromatic rings. The quantitative estimate of drug-likeness (QED) is 0.660. The van der Waals surface area contributed by atoms with E-state index in [-0.39, 0.29) is 0 Å². The van der Waals surface area contributed by atoms with Crippen LogP contribution < -0.4 is 0 Å². The number of hydrogen-bond donors (Lipinski definition) is 0. The van der Waals surface area contributed by atoms with E-state index in [1.165, 1.54) is 6.92 Å². The van der Waals surface area contributed by atoms with Gasteiger partial charge in [-0.3, -0.25) is 0 Å². The summed E-state index contributed by atoms with van der Waals surface area (Å²) >= 11 is 5.80. The predicted molar refractivity (Wildman–Crippen MR) is 55.1 cm³/mol. The van der Waals surface area contributed by atoms with Gasteiger partial charge in [-0.15, -0.1) is 0 Å². The molecule has 1 rings (SSSR count). The first-order valence-electron chi connectivity index (χ1n) is 4.45. The van der Waals surface area contributed by atoms with Crippen molar-refractivity contribution in [2.24, 2.45) is 0 Å². The molecule has 2 heteroatoms. The third-order valence-electron chi connectivity index (χ3n) is 2.10. The highest BCUT2D eigenvalue weighted by molar-refractivity contribution is 6.30. The Kier molecular flexibility index (Phi) is 3.32. The highest BCUT2D eigenvalue weighted by Crippen LogP contribution is 2.29. The van der Waals surface area contributed by atoms with E-state index >= 15 is 0 Å². The van der Waals surface area contributed by atoms with Crippen molar-refractivity contribution in [3.05, 3.63) is 34.3 Å². The first kappa shape index (κ1) is 10.5. The Morgan fingerprint density at radius 2 is 1.77 bits per heavy atom. The third-order valence-corrected chi connectivity index (χ3v) is 2.33. The van der Waals surface area contributed by atoms with Crippen LogP contribution in [0.2, 0.25) is 5.02 Å². The van der Waals surface area contributed by atoms with Crippen molar-refractivity contribution in [3.8, 4) is 0 Å². The first-order chi connectivity index (χ1) is 6.02. The Morgan fingerprint density at radius 3 is 2.23 bits per heavy atom. The van der Waals surface area contributed by atoms with Gasteiger partial charge in [-0.2, -0.15) is 0 Å². The topological polar surface area (TPSA) is 0 Å². The molecule has 0 nitrogen and oxygen atoms in total. The third kappa shape index (κ3) is 2.44. The summed E-state index contributed by atoms with van der Waals surface area (Å²) in [5.74, 6) is 0.338. The average Bonchev–Trinajstić information content (AvgIpc) is 2.03. The minimum Gasteiger partial charge on any atom is -0.243 e. The zero-order valence-electron chi connectivity index (χ0n) is 8.14. The highest BCUT2D eigenvalue weighted by Gasteiger charge is 2.12. The average molecular weight is 201 g/mol. The van der Waals surface area contributed by atoms with Crippen LogP contribution in [-0.4, -0.2) is 0 Å². The van der Waals surface area contributed by atoms with Gasteiger partial charge >= 0.3 is 0 Å². The fourth-order valence-corrected chi connectivity index (χ4v) is 1.60. The van der Waals surface area contributed by atoms with Crippen LogP contribution >= 0.6 is 11.6 Å². The number of halogens is 2. The van der Waals surface area contributed by atoms with Gasteiger partial charge in [-0.05, 0) is 36.1 Å². The molecule has 1 unspecified atom stereocenters. The number of hydrogen-bond acceptors (Lipinski definition) is 0. The predicted octanol–water partition coefficient (Wildman–Crippen LogP) is 4.49. The molecule has 0 fully saturated rings. The van der Waals surface area contributed by atoms with E-state index in [9.17, 15) is 4.39 Å². The summed E-state index contributed by atoms with van der Waals surface area (Å²) in [5.41, 5.74) is 1.75. The van der Waals surface area contributed by atoms with Gasteiger partial charge in [-0.25, -0.2) is 4.39 Å². The standard InChI is InChI=1S/C11H14ClF/c1-7(2)10-5-4-9(12)6-11(10)8(3)13/h4-8H,1-3H3. The van der Waals surface area contributed by atoms with E-state index in [0.717, 1.165) is 5.56 Å². The van der Waals surface area contributed by atoms with Crippen molar-refractivity contribution in [2.75, 3.05) is 0 Å². The molecule has 0 aliphatic rings. The largest absolute Gasteiger partial charge is 0.243 e. The van der Waals surface area contributed by atoms with E-state index in [1.54, 1.807) is 6.07 Å². The van der Waals surface area contributed by atoms with Crippen molar-refractivity contribution in [2.45, 2.75) is 32.9 Å². The molecule has 1 atom stereocenters. The Morgan fingerprint density at radius 1 is 1.15 bits per heavy atom. The first-order valence-corrected chi connectivity index (χ1v) is 4.83. The van der Waals surface area contributed by atoms with Crippen molar-refractivity contribution in [3.63, 3.8) is 0 Å². The molecule has 0 N–H and O–H groups in total. The van der Waals surface area contributed by atoms with Crippen LogP contribution in [0.3, 0.4) is 0 Å². The molecule has 0 aliphatic heterocycles. The fourth-order valence-electron chi connectivity index (χ4n) is 1.42.